The Balaban J connectivity index is 1.96. The van der Waals surface area contributed by atoms with Crippen LogP contribution in [0.4, 0.5) is 4.79 Å². The third-order valence-electron chi connectivity index (χ3n) is 3.44. The summed E-state index contributed by atoms with van der Waals surface area (Å²) in [6.07, 6.45) is 2.19. The summed E-state index contributed by atoms with van der Waals surface area (Å²) < 4.78 is 4.92. The molecule has 6 nitrogen and oxygen atoms in total. The topological polar surface area (TPSA) is 75.7 Å². The van der Waals surface area contributed by atoms with Crippen molar-refractivity contribution in [2.45, 2.75) is 38.3 Å². The van der Waals surface area contributed by atoms with Crippen LogP contribution in [0.15, 0.2) is 0 Å². The first-order valence-electron chi connectivity index (χ1n) is 6.56. The van der Waals surface area contributed by atoms with Crippen molar-refractivity contribution in [2.24, 2.45) is 5.92 Å². The van der Waals surface area contributed by atoms with Gasteiger partial charge >= 0.3 is 5.97 Å². The van der Waals surface area contributed by atoms with E-state index in [4.69, 9.17) is 12.6 Å². The molecule has 2 rings (SSSR count). The molecule has 2 fully saturated rings. The number of esters is 1. The zero-order valence-corrected chi connectivity index (χ0v) is 10.9. The fraction of sp³-hybridized carbons (Fsp3) is 0.750. The molecule has 1 aliphatic carbocycles. The molecule has 19 heavy (non-hydrogen) atoms. The van der Waals surface area contributed by atoms with E-state index < -0.39 is 17.8 Å². The van der Waals surface area contributed by atoms with Crippen LogP contribution in [0.5, 0.6) is 0 Å². The van der Waals surface area contributed by atoms with Gasteiger partial charge in [0.05, 0.1) is 6.61 Å². The van der Waals surface area contributed by atoms with Gasteiger partial charge in [-0.05, 0) is 19.8 Å². The fourth-order valence-electron chi connectivity index (χ4n) is 2.31. The number of nitrogens with one attached hydrogen (secondary N) is 1. The molecule has 1 saturated heterocycles. The van der Waals surface area contributed by atoms with E-state index in [2.05, 4.69) is 5.32 Å². The van der Waals surface area contributed by atoms with E-state index in [1.54, 1.807) is 6.92 Å². The van der Waals surface area contributed by atoms with Gasteiger partial charge in [0, 0.05) is 24.9 Å². The minimum atomic E-state index is -0.693. The monoisotopic (exact) mass is 264 g/mol. The lowest BCUT2D eigenvalue weighted by Gasteiger charge is -2.21. The van der Waals surface area contributed by atoms with E-state index >= 15 is 0 Å². The average Bonchev–Trinajstić information content (AvgIpc) is 3.11. The second-order valence-electron chi connectivity index (χ2n) is 4.97. The maximum Gasteiger partial charge on any atom is 0.328 e. The van der Waals surface area contributed by atoms with Crippen molar-refractivity contribution in [3.05, 3.63) is 0 Å². The van der Waals surface area contributed by atoms with Crippen LogP contribution in [0.2, 0.25) is 0 Å². The summed E-state index contributed by atoms with van der Waals surface area (Å²) in [7, 11) is 5.25. The van der Waals surface area contributed by atoms with Gasteiger partial charge in [0.25, 0.3) is 0 Å². The van der Waals surface area contributed by atoms with Gasteiger partial charge in [0.1, 0.15) is 6.04 Å². The largest absolute Gasteiger partial charge is 0.464 e. The van der Waals surface area contributed by atoms with Crippen LogP contribution in [0.1, 0.15) is 26.2 Å². The number of amides is 2. The normalized spacial score (nSPS) is 26.1. The number of rotatable bonds is 4. The average molecular weight is 264 g/mol. The van der Waals surface area contributed by atoms with Gasteiger partial charge in [-0.1, -0.05) is 0 Å². The van der Waals surface area contributed by atoms with E-state index in [0.29, 0.717) is 6.42 Å². The molecule has 0 bridgehead atoms. The van der Waals surface area contributed by atoms with E-state index in [1.807, 2.05) is 0 Å². The molecule has 2 amide bonds. The molecule has 7 heteroatoms. The Labute approximate surface area is 113 Å². The smallest absolute Gasteiger partial charge is 0.328 e. The molecule has 1 heterocycles. The summed E-state index contributed by atoms with van der Waals surface area (Å²) in [5.41, 5.74) is 0. The summed E-state index contributed by atoms with van der Waals surface area (Å²) in [6.45, 7) is 2.21. The number of carbonyl (C=O) groups is 3. The van der Waals surface area contributed by atoms with Crippen molar-refractivity contribution >= 4 is 25.5 Å². The quantitative estimate of drug-likeness (QED) is 0.564. The van der Waals surface area contributed by atoms with E-state index in [-0.39, 0.29) is 31.0 Å². The number of carbonyl (C=O) groups excluding carboxylic acids is 3. The van der Waals surface area contributed by atoms with Crippen molar-refractivity contribution in [1.82, 2.24) is 10.2 Å². The highest BCUT2D eigenvalue weighted by atomic mass is 16.5. The SMILES string of the molecule is [B]C(=O)N1C[C@H](NC(=O)C2CC2)C[C@@H]1C(=O)OCC. The Hall–Kier alpha value is -1.53. The van der Waals surface area contributed by atoms with Gasteiger partial charge in [-0.3, -0.25) is 9.59 Å². The summed E-state index contributed by atoms with van der Waals surface area (Å²) in [4.78, 5) is 36.0. The van der Waals surface area contributed by atoms with E-state index in [1.165, 1.54) is 4.90 Å². The van der Waals surface area contributed by atoms with Crippen molar-refractivity contribution in [3.63, 3.8) is 0 Å². The standard InChI is InChI=1S/C12H17BN2O4/c1-2-19-11(17)9-5-8(6-15(9)12(13)18)14-10(16)7-3-4-7/h7-9H,2-6H2,1H3,(H,14,16)/t8-,9-/m1/s1. The second-order valence-corrected chi connectivity index (χ2v) is 4.97. The second kappa shape index (κ2) is 5.63. The number of nitrogens with zero attached hydrogens (tertiary/aromatic N) is 1. The van der Waals surface area contributed by atoms with Crippen LogP contribution in [0.3, 0.4) is 0 Å². The fourth-order valence-corrected chi connectivity index (χ4v) is 2.31. The highest BCUT2D eigenvalue weighted by Crippen LogP contribution is 2.29. The predicted octanol–water partition coefficient (Wildman–Crippen LogP) is -0.193. The number of hydrogen-bond acceptors (Lipinski definition) is 4. The Bertz CT molecular complexity index is 397. The summed E-state index contributed by atoms with van der Waals surface area (Å²) >= 11 is 0. The summed E-state index contributed by atoms with van der Waals surface area (Å²) in [6, 6.07) is -0.919. The maximum absolute atomic E-state index is 11.8. The molecule has 0 unspecified atom stereocenters. The van der Waals surface area contributed by atoms with Gasteiger partial charge in [0.2, 0.25) is 13.8 Å². The molecule has 102 valence electrons. The highest BCUT2D eigenvalue weighted by Gasteiger charge is 2.41. The molecule has 1 aliphatic heterocycles. The van der Waals surface area contributed by atoms with Crippen LogP contribution in [-0.4, -0.2) is 55.7 Å². The molecular formula is C12H17BN2O4. The molecule has 1 saturated carbocycles. The van der Waals surface area contributed by atoms with Gasteiger partial charge < -0.3 is 15.0 Å². The third kappa shape index (κ3) is 3.27. The Morgan fingerprint density at radius 3 is 2.58 bits per heavy atom. The Morgan fingerprint density at radius 2 is 2.05 bits per heavy atom. The maximum atomic E-state index is 11.8. The Kier molecular flexibility index (Phi) is 4.12. The van der Waals surface area contributed by atoms with Gasteiger partial charge in [-0.2, -0.15) is 0 Å². The summed E-state index contributed by atoms with van der Waals surface area (Å²) in [5, 5.41) is 2.86. The minimum absolute atomic E-state index is 0.000991. The first-order chi connectivity index (χ1) is 9.02. The molecule has 0 aromatic heterocycles. The lowest BCUT2D eigenvalue weighted by molar-refractivity contribution is -0.147. The molecule has 0 aromatic rings. The molecular weight excluding hydrogens is 247 g/mol. The molecule has 0 aromatic carbocycles. The van der Waals surface area contributed by atoms with Crippen LogP contribution < -0.4 is 5.32 Å². The van der Waals surface area contributed by atoms with Crippen molar-refractivity contribution < 1.29 is 19.1 Å². The first kappa shape index (κ1) is 13.9. The molecule has 0 spiro atoms. The summed E-state index contributed by atoms with van der Waals surface area (Å²) in [5.74, 6) is -1.03. The predicted molar refractivity (Wildman–Crippen MR) is 67.5 cm³/mol. The molecule has 2 radical (unpaired) electrons. The number of ether oxygens (including phenoxy) is 1. The molecule has 2 atom stereocenters. The first-order valence-corrected chi connectivity index (χ1v) is 6.56. The van der Waals surface area contributed by atoms with E-state index in [9.17, 15) is 14.4 Å². The van der Waals surface area contributed by atoms with Crippen LogP contribution in [0, 0.1) is 5.92 Å². The van der Waals surface area contributed by atoms with Crippen molar-refractivity contribution in [1.29, 1.82) is 0 Å². The van der Waals surface area contributed by atoms with E-state index in [0.717, 1.165) is 12.8 Å². The number of hydrogen-bond donors (Lipinski definition) is 1. The minimum Gasteiger partial charge on any atom is -0.464 e. The van der Waals surface area contributed by atoms with Crippen LogP contribution in [0.25, 0.3) is 0 Å². The highest BCUT2D eigenvalue weighted by molar-refractivity contribution is 6.57. The van der Waals surface area contributed by atoms with Gasteiger partial charge in [-0.25, -0.2) is 4.79 Å². The van der Waals surface area contributed by atoms with Crippen LogP contribution >= 0.6 is 0 Å². The van der Waals surface area contributed by atoms with Gasteiger partial charge in [-0.15, -0.1) is 0 Å². The lowest BCUT2D eigenvalue weighted by atomic mass is 10.1. The lowest BCUT2D eigenvalue weighted by Crippen LogP contribution is -2.41. The van der Waals surface area contributed by atoms with Crippen molar-refractivity contribution in [2.75, 3.05) is 13.2 Å². The van der Waals surface area contributed by atoms with Crippen LogP contribution in [-0.2, 0) is 14.3 Å². The number of likely N-dealkylation sites (tertiary alicyclic amines) is 1. The zero-order chi connectivity index (χ0) is 14.0. The third-order valence-corrected chi connectivity index (χ3v) is 3.44. The zero-order valence-electron chi connectivity index (χ0n) is 10.9. The van der Waals surface area contributed by atoms with Crippen molar-refractivity contribution in [3.8, 4) is 0 Å². The Morgan fingerprint density at radius 1 is 1.37 bits per heavy atom. The van der Waals surface area contributed by atoms with Gasteiger partial charge in [0.15, 0.2) is 5.81 Å². The molecule has 1 N–H and O–H groups in total. The molecule has 2 aliphatic rings.